The van der Waals surface area contributed by atoms with Crippen LogP contribution in [0.15, 0.2) is 0 Å². The maximum atomic E-state index is 9.92. The summed E-state index contributed by atoms with van der Waals surface area (Å²) in [4.78, 5) is 9.92. The molecule has 0 rings (SSSR count). The molecule has 0 fully saturated rings. The third-order valence-corrected chi connectivity index (χ3v) is 6.18. The molecule has 0 aliphatic heterocycles. The Labute approximate surface area is 160 Å². The van der Waals surface area contributed by atoms with Gasteiger partial charge in [-0.1, -0.05) is 78.1 Å². The summed E-state index contributed by atoms with van der Waals surface area (Å²) in [5, 5.41) is 0. The molecule has 0 aliphatic rings. The Morgan fingerprint density at radius 3 is 1.35 bits per heavy atom. The molecule has 0 saturated carbocycles. The Morgan fingerprint density at radius 1 is 0.739 bits per heavy atom. The van der Waals surface area contributed by atoms with Gasteiger partial charge in [-0.3, -0.25) is 0 Å². The maximum Gasteiger partial charge on any atom is 0.0251 e. The molecule has 0 radical (unpaired) electrons. The van der Waals surface area contributed by atoms with E-state index in [1.54, 1.807) is 20.8 Å². The van der Waals surface area contributed by atoms with Gasteiger partial charge >= 0.3 is 44.1 Å². The Bertz CT molecular complexity index is 188. The molecule has 0 saturated heterocycles. The summed E-state index contributed by atoms with van der Waals surface area (Å²) >= 11 is 1.70. The van der Waals surface area contributed by atoms with E-state index in [0.717, 1.165) is 12.3 Å². The summed E-state index contributed by atoms with van der Waals surface area (Å²) in [7, 11) is -0.630. The number of rotatable bonds is 15. The monoisotopic (exact) mass is 381 g/mol. The average molecular weight is 381 g/mol. The zero-order valence-corrected chi connectivity index (χ0v) is 18.7. The first-order valence-electron chi connectivity index (χ1n) is 9.84. The molecule has 0 unspecified atom stereocenters. The minimum atomic E-state index is -0.630. The molecular formula is C19H42O2PTi. The second-order valence-electron chi connectivity index (χ2n) is 6.66. The van der Waals surface area contributed by atoms with Gasteiger partial charge in [0, 0.05) is 8.15 Å². The van der Waals surface area contributed by atoms with Crippen LogP contribution in [0.25, 0.3) is 0 Å². The van der Waals surface area contributed by atoms with E-state index in [4.69, 9.17) is 3.32 Å². The zero-order valence-electron chi connectivity index (χ0n) is 16.3. The third-order valence-electron chi connectivity index (χ3n) is 3.78. The minimum absolute atomic E-state index is 0.384. The molecule has 2 nitrogen and oxygen atoms in total. The normalized spacial score (nSPS) is 10.9. The van der Waals surface area contributed by atoms with Crippen LogP contribution >= 0.6 is 8.15 Å². The Kier molecular flexibility index (Phi) is 26.4. The zero-order chi connectivity index (χ0) is 17.8. The van der Waals surface area contributed by atoms with Crippen LogP contribution < -0.4 is 0 Å². The van der Waals surface area contributed by atoms with Gasteiger partial charge in [0.05, 0.1) is 0 Å². The van der Waals surface area contributed by atoms with Crippen molar-refractivity contribution in [1.82, 2.24) is 0 Å². The molecule has 0 aliphatic carbocycles. The van der Waals surface area contributed by atoms with E-state index in [2.05, 4.69) is 13.8 Å². The van der Waals surface area contributed by atoms with Crippen molar-refractivity contribution >= 4 is 8.15 Å². The molecule has 0 spiro atoms. The van der Waals surface area contributed by atoms with E-state index in [1.165, 1.54) is 77.0 Å². The number of hydrogen-bond acceptors (Lipinski definition) is 2. The van der Waals surface area contributed by atoms with Crippen molar-refractivity contribution in [3.63, 3.8) is 0 Å². The molecule has 1 N–H and O–H groups in total. The van der Waals surface area contributed by atoms with E-state index in [-0.39, 0.29) is 0 Å². The first-order valence-corrected chi connectivity index (χ1v) is 12.1. The molecule has 0 atom stereocenters. The molecule has 0 amide bonds. The molecule has 0 aromatic rings. The molecule has 23 heavy (non-hydrogen) atoms. The molecule has 4 heteroatoms. The summed E-state index contributed by atoms with van der Waals surface area (Å²) < 4.78 is 4.75. The molecular weight excluding hydrogens is 339 g/mol. The topological polar surface area (TPSA) is 29.5 Å². The third kappa shape index (κ3) is 28.2. The summed E-state index contributed by atoms with van der Waals surface area (Å²) in [6, 6.07) is 0. The average Bonchev–Trinajstić information content (AvgIpc) is 2.54. The maximum absolute atomic E-state index is 9.92. The van der Waals surface area contributed by atoms with Crippen LogP contribution in [0.4, 0.5) is 0 Å². The van der Waals surface area contributed by atoms with Crippen molar-refractivity contribution < 1.29 is 29.0 Å². The van der Waals surface area contributed by atoms with Crippen molar-refractivity contribution in [2.45, 2.75) is 111 Å². The molecule has 0 aromatic carbocycles. The molecule has 139 valence electrons. The van der Waals surface area contributed by atoms with Gasteiger partial charge in [-0.15, -0.1) is 0 Å². The quantitative estimate of drug-likeness (QED) is 0.189. The van der Waals surface area contributed by atoms with E-state index in [9.17, 15) is 4.89 Å². The van der Waals surface area contributed by atoms with Crippen LogP contribution in [0.3, 0.4) is 0 Å². The van der Waals surface area contributed by atoms with Gasteiger partial charge in [0.15, 0.2) is 0 Å². The van der Waals surface area contributed by atoms with Gasteiger partial charge in [-0.2, -0.15) is 0 Å². The van der Waals surface area contributed by atoms with Gasteiger partial charge in [0.1, 0.15) is 0 Å². The van der Waals surface area contributed by atoms with Crippen molar-refractivity contribution in [2.75, 3.05) is 12.3 Å². The van der Waals surface area contributed by atoms with Crippen LogP contribution in [0, 0.1) is 0 Å². The fourth-order valence-electron chi connectivity index (χ4n) is 2.26. The first kappa shape index (κ1) is 26.3. The van der Waals surface area contributed by atoms with Crippen molar-refractivity contribution in [2.24, 2.45) is 0 Å². The fourth-order valence-corrected chi connectivity index (χ4v) is 3.66. The Morgan fingerprint density at radius 2 is 1.04 bits per heavy atom. The van der Waals surface area contributed by atoms with Crippen molar-refractivity contribution in [3.05, 3.63) is 0 Å². The molecule has 0 aromatic heterocycles. The van der Waals surface area contributed by atoms with Gasteiger partial charge in [0.2, 0.25) is 0 Å². The number of unbranched alkanes of at least 4 members (excludes halogenated alkanes) is 10. The summed E-state index contributed by atoms with van der Waals surface area (Å²) in [5.41, 5.74) is 0. The van der Waals surface area contributed by atoms with E-state index in [1.807, 2.05) is 13.8 Å². The summed E-state index contributed by atoms with van der Waals surface area (Å²) in [6.45, 7) is 8.51. The predicted molar refractivity (Wildman–Crippen MR) is 102 cm³/mol. The predicted octanol–water partition coefficient (Wildman–Crippen LogP) is 6.97. The number of hydrogen-bond donors (Lipinski definition) is 1. The van der Waals surface area contributed by atoms with Gasteiger partial charge in [-0.25, -0.2) is 0 Å². The SMILES string of the molecule is CC(C)[O][Ti].CCCCCCCCP(O)CCCCCCCC. The van der Waals surface area contributed by atoms with Gasteiger partial charge in [0.25, 0.3) is 0 Å². The summed E-state index contributed by atoms with van der Waals surface area (Å²) in [5.74, 6) is 0. The van der Waals surface area contributed by atoms with Crippen LogP contribution in [-0.2, 0) is 24.1 Å². The standard InChI is InChI=1S/C16H35OP.C3H7O.Ti/c1-3-5-7-9-11-13-15-18(17)16-14-12-10-8-6-4-2;1-3(2)4;/h17H,3-16H2,1-2H3;3H,1-2H3;/q;-1;+1. The molecule has 0 heterocycles. The van der Waals surface area contributed by atoms with E-state index < -0.39 is 8.15 Å². The summed E-state index contributed by atoms with van der Waals surface area (Å²) in [6.07, 6.45) is 18.7. The smallest absolute Gasteiger partial charge is 0.0251 e. The second kappa shape index (κ2) is 23.1. The van der Waals surface area contributed by atoms with Crippen LogP contribution in [0.5, 0.6) is 0 Å². The first-order chi connectivity index (χ1) is 11.1. The van der Waals surface area contributed by atoms with Crippen LogP contribution in [0.2, 0.25) is 0 Å². The van der Waals surface area contributed by atoms with E-state index in [0.29, 0.717) is 6.10 Å². The van der Waals surface area contributed by atoms with Crippen LogP contribution in [0.1, 0.15) is 105 Å². The largest absolute Gasteiger partial charge is 0.374 e. The fraction of sp³-hybridized carbons (Fsp3) is 1.00. The Hall–Kier alpha value is 1.06. The van der Waals surface area contributed by atoms with E-state index >= 15 is 0 Å². The second-order valence-corrected chi connectivity index (χ2v) is 8.93. The van der Waals surface area contributed by atoms with Gasteiger partial charge < -0.3 is 4.89 Å². The van der Waals surface area contributed by atoms with Gasteiger partial charge in [-0.05, 0) is 25.2 Å². The Balaban J connectivity index is 0. The molecule has 0 bridgehead atoms. The van der Waals surface area contributed by atoms with Crippen LogP contribution in [-0.4, -0.2) is 23.3 Å². The minimum Gasteiger partial charge on any atom is -0.374 e. The van der Waals surface area contributed by atoms with Crippen molar-refractivity contribution in [1.29, 1.82) is 0 Å². The van der Waals surface area contributed by atoms with Crippen molar-refractivity contribution in [3.8, 4) is 0 Å².